The van der Waals surface area contributed by atoms with Crippen molar-refractivity contribution in [2.45, 2.75) is 19.4 Å². The van der Waals surface area contributed by atoms with Crippen molar-refractivity contribution >= 4 is 16.8 Å². The number of allylic oxidation sites excluding steroid dienone is 3. The zero-order chi connectivity index (χ0) is 18.4. The summed E-state index contributed by atoms with van der Waals surface area (Å²) < 4.78 is 0. The molecule has 0 fully saturated rings. The second-order valence-electron chi connectivity index (χ2n) is 7.37. The first kappa shape index (κ1) is 19.4. The number of benzene rings is 3. The molecule has 1 aliphatic heterocycles. The Balaban J connectivity index is 0.00000192. The molecule has 1 heterocycles. The summed E-state index contributed by atoms with van der Waals surface area (Å²) in [6.07, 6.45) is 14.0. The van der Waals surface area contributed by atoms with E-state index in [-0.39, 0.29) is 38.8 Å². The predicted octanol–water partition coefficient (Wildman–Crippen LogP) is 6.04. The van der Waals surface area contributed by atoms with E-state index in [1.165, 1.54) is 33.0 Å². The molecule has 28 heavy (non-hydrogen) atoms. The molecule has 0 bridgehead atoms. The van der Waals surface area contributed by atoms with Crippen molar-refractivity contribution in [1.82, 2.24) is 4.90 Å². The van der Waals surface area contributed by atoms with Crippen LogP contribution in [0.25, 0.3) is 28.0 Å². The van der Waals surface area contributed by atoms with Crippen LogP contribution >= 0.6 is 0 Å². The molecule has 135 valence electrons. The van der Waals surface area contributed by atoms with Crippen LogP contribution in [0.1, 0.15) is 28.3 Å². The fraction of sp³-hybridized carbons (Fsp3) is 0.154. The van der Waals surface area contributed by atoms with Gasteiger partial charge in [-0.2, -0.15) is 30.3 Å². The standard InChI is InChI=1S/C26H21N.Y/c1-18-12-13-21(17-24(18)25-11-3-4-16-27(25)2)22-15-14-20-8-5-7-19-9-6-10-23(22)26(19)20;/h3-7,9-14,16,25H,8H2,1-2H3;/q-2;. The van der Waals surface area contributed by atoms with Crippen LogP contribution in [0.3, 0.4) is 0 Å². The van der Waals surface area contributed by atoms with E-state index in [1.807, 2.05) is 0 Å². The van der Waals surface area contributed by atoms with Crippen LogP contribution in [0, 0.1) is 19.1 Å². The molecule has 0 aromatic heterocycles. The fourth-order valence-electron chi connectivity index (χ4n) is 4.20. The molecular formula is C26H21NY-2. The number of aryl methyl sites for hydroxylation is 1. The van der Waals surface area contributed by atoms with Gasteiger partial charge in [0.1, 0.15) is 0 Å². The maximum absolute atomic E-state index is 3.72. The first-order valence-electron chi connectivity index (χ1n) is 9.45. The Morgan fingerprint density at radius 1 is 1.11 bits per heavy atom. The van der Waals surface area contributed by atoms with Crippen molar-refractivity contribution in [1.29, 1.82) is 0 Å². The summed E-state index contributed by atoms with van der Waals surface area (Å²) in [4.78, 5) is 2.23. The zero-order valence-corrected chi connectivity index (χ0v) is 19.1. The van der Waals surface area contributed by atoms with E-state index in [9.17, 15) is 0 Å². The Kier molecular flexibility index (Phi) is 5.40. The molecule has 0 N–H and O–H groups in total. The van der Waals surface area contributed by atoms with Crippen molar-refractivity contribution in [2.75, 3.05) is 7.05 Å². The van der Waals surface area contributed by atoms with Gasteiger partial charge in [-0.05, 0) is 24.3 Å². The van der Waals surface area contributed by atoms with E-state index in [2.05, 4.69) is 104 Å². The van der Waals surface area contributed by atoms with Crippen LogP contribution in [0.5, 0.6) is 0 Å². The Morgan fingerprint density at radius 3 is 2.86 bits per heavy atom. The summed E-state index contributed by atoms with van der Waals surface area (Å²) in [5.74, 6) is 0. The van der Waals surface area contributed by atoms with Gasteiger partial charge in [0.2, 0.25) is 0 Å². The van der Waals surface area contributed by atoms with Crippen LogP contribution in [-0.2, 0) is 39.1 Å². The van der Waals surface area contributed by atoms with Crippen molar-refractivity contribution < 1.29 is 32.7 Å². The van der Waals surface area contributed by atoms with Gasteiger partial charge < -0.3 is 4.90 Å². The summed E-state index contributed by atoms with van der Waals surface area (Å²) >= 11 is 0. The minimum atomic E-state index is 0. The number of hydrogen-bond acceptors (Lipinski definition) is 1. The third-order valence-electron chi connectivity index (χ3n) is 5.64. The Morgan fingerprint density at radius 2 is 2.00 bits per heavy atom. The van der Waals surface area contributed by atoms with Gasteiger partial charge in [-0.15, -0.1) is 28.1 Å². The molecule has 1 atom stereocenters. The van der Waals surface area contributed by atoms with Crippen LogP contribution in [0.2, 0.25) is 0 Å². The number of hydrogen-bond donors (Lipinski definition) is 0. The second kappa shape index (κ2) is 7.81. The normalized spacial score (nSPS) is 17.1. The SMILES string of the molecule is Cc1ccc(-c2[c-]cc3c4c(cccc24)C=CC3)[c-]c1C1C=CC=CN1C.[Y]. The van der Waals surface area contributed by atoms with Gasteiger partial charge >= 0.3 is 0 Å². The van der Waals surface area contributed by atoms with Crippen LogP contribution in [-0.4, -0.2) is 11.9 Å². The topological polar surface area (TPSA) is 3.24 Å². The van der Waals surface area contributed by atoms with Crippen LogP contribution < -0.4 is 0 Å². The largest absolute Gasteiger partial charge is 0.372 e. The fourth-order valence-corrected chi connectivity index (χ4v) is 4.20. The molecule has 0 amide bonds. The molecule has 3 aromatic rings. The van der Waals surface area contributed by atoms with E-state index in [0.717, 1.165) is 17.5 Å². The summed E-state index contributed by atoms with van der Waals surface area (Å²) in [7, 11) is 2.12. The van der Waals surface area contributed by atoms with E-state index >= 15 is 0 Å². The van der Waals surface area contributed by atoms with Crippen molar-refractivity contribution in [3.05, 3.63) is 101 Å². The summed E-state index contributed by atoms with van der Waals surface area (Å²) in [5.41, 5.74) is 7.41. The molecule has 1 nitrogen and oxygen atoms in total. The summed E-state index contributed by atoms with van der Waals surface area (Å²) in [6.45, 7) is 2.17. The van der Waals surface area contributed by atoms with E-state index in [4.69, 9.17) is 0 Å². The summed E-state index contributed by atoms with van der Waals surface area (Å²) in [5, 5.41) is 2.63. The predicted molar refractivity (Wildman–Crippen MR) is 113 cm³/mol. The third-order valence-corrected chi connectivity index (χ3v) is 5.64. The number of rotatable bonds is 2. The smallest absolute Gasteiger partial charge is 0.0547 e. The molecule has 0 saturated heterocycles. The van der Waals surface area contributed by atoms with Crippen molar-refractivity contribution in [3.8, 4) is 11.1 Å². The third kappa shape index (κ3) is 3.21. The molecule has 1 aliphatic carbocycles. The molecule has 2 heteroatoms. The molecule has 0 spiro atoms. The minimum Gasteiger partial charge on any atom is -0.372 e. The molecule has 3 aromatic carbocycles. The second-order valence-corrected chi connectivity index (χ2v) is 7.37. The van der Waals surface area contributed by atoms with Crippen molar-refractivity contribution in [3.63, 3.8) is 0 Å². The van der Waals surface area contributed by atoms with Gasteiger partial charge in [0.15, 0.2) is 0 Å². The monoisotopic (exact) mass is 436 g/mol. The Hall–Kier alpha value is -1.96. The van der Waals surface area contributed by atoms with Gasteiger partial charge in [0.25, 0.3) is 0 Å². The first-order valence-corrected chi connectivity index (χ1v) is 9.45. The van der Waals surface area contributed by atoms with Gasteiger partial charge in [-0.25, -0.2) is 11.1 Å². The van der Waals surface area contributed by atoms with Crippen molar-refractivity contribution in [2.24, 2.45) is 0 Å². The Labute approximate surface area is 192 Å². The van der Waals surface area contributed by atoms with E-state index in [0.29, 0.717) is 0 Å². The Bertz CT molecular complexity index is 1140. The molecule has 2 aliphatic rings. The summed E-state index contributed by atoms with van der Waals surface area (Å²) in [6, 6.07) is 20.6. The maximum atomic E-state index is 3.72. The average Bonchev–Trinajstić information content (AvgIpc) is 2.70. The molecule has 1 radical (unpaired) electrons. The average molecular weight is 436 g/mol. The number of likely N-dealkylation sites (N-methyl/N-ethyl adjacent to an activating group) is 1. The van der Waals surface area contributed by atoms with Gasteiger partial charge in [0, 0.05) is 39.8 Å². The molecular weight excluding hydrogens is 415 g/mol. The van der Waals surface area contributed by atoms with E-state index < -0.39 is 0 Å². The van der Waals surface area contributed by atoms with E-state index in [1.54, 1.807) is 0 Å². The van der Waals surface area contributed by atoms with Gasteiger partial charge in [0.05, 0.1) is 6.04 Å². The first-order chi connectivity index (χ1) is 13.2. The molecule has 5 rings (SSSR count). The maximum Gasteiger partial charge on any atom is 0.0547 e. The molecule has 0 saturated carbocycles. The van der Waals surface area contributed by atoms with Crippen LogP contribution in [0.4, 0.5) is 0 Å². The zero-order valence-electron chi connectivity index (χ0n) is 16.2. The molecule has 1 unspecified atom stereocenters. The number of nitrogens with zero attached hydrogens (tertiary/aromatic N) is 1. The van der Waals surface area contributed by atoms with Crippen LogP contribution in [0.15, 0.2) is 66.9 Å². The quantitative estimate of drug-likeness (QED) is 0.443. The minimum absolute atomic E-state index is 0. The van der Waals surface area contributed by atoms with Gasteiger partial charge in [-0.1, -0.05) is 48.7 Å². The van der Waals surface area contributed by atoms with Gasteiger partial charge in [-0.3, -0.25) is 0 Å².